The first-order valence-electron chi connectivity index (χ1n) is 8.37. The molecule has 0 bridgehead atoms. The molecule has 0 spiro atoms. The Bertz CT molecular complexity index is 143. The first-order valence-corrected chi connectivity index (χ1v) is 8.37. The molecule has 0 aliphatic carbocycles. The van der Waals surface area contributed by atoms with Crippen LogP contribution in [0.1, 0.15) is 79.6 Å². The van der Waals surface area contributed by atoms with E-state index in [2.05, 4.69) is 34.6 Å². The van der Waals surface area contributed by atoms with E-state index in [1.54, 1.807) is 0 Å². The van der Waals surface area contributed by atoms with Gasteiger partial charge in [-0.2, -0.15) is 24.8 Å². The van der Waals surface area contributed by atoms with E-state index < -0.39 is 0 Å². The summed E-state index contributed by atoms with van der Waals surface area (Å²) in [6.45, 7) is 12.0. The summed E-state index contributed by atoms with van der Waals surface area (Å²) >= 11 is 0. The highest BCUT2D eigenvalue weighted by molar-refractivity contribution is 6.81. The molecule has 0 aromatic carbocycles. The maximum atomic E-state index is 2.53. The van der Waals surface area contributed by atoms with Gasteiger partial charge in [0.1, 0.15) is 0 Å². The molecule has 0 N–H and O–H groups in total. The van der Waals surface area contributed by atoms with Gasteiger partial charge in [-0.3, -0.25) is 0 Å². The maximum absolute atomic E-state index is 2.53. The summed E-state index contributed by atoms with van der Waals surface area (Å²) in [5.41, 5.74) is 0. The van der Waals surface area contributed by atoms with E-state index in [0.29, 0.717) is 0 Å². The zero-order valence-corrected chi connectivity index (χ0v) is 13.2. The summed E-state index contributed by atoms with van der Waals surface area (Å²) in [7, 11) is 0. The Morgan fingerprint density at radius 2 is 1.06 bits per heavy atom. The van der Waals surface area contributed by atoms with Gasteiger partial charge < -0.3 is 0 Å². The standard InChI is InChI=1S/C16H36B/c1-6-10-13-17(14-11-7-2,15-12-8-3)16(5)9-4/h16H,6-15H2,1-5H3/q-1. The van der Waals surface area contributed by atoms with Crippen LogP contribution in [0.4, 0.5) is 0 Å². The lowest BCUT2D eigenvalue weighted by Gasteiger charge is -2.46. The average Bonchev–Trinajstić information content (AvgIpc) is 2.37. The molecule has 0 radical (unpaired) electrons. The fourth-order valence-electron chi connectivity index (χ4n) is 3.62. The van der Waals surface area contributed by atoms with Gasteiger partial charge in [-0.1, -0.05) is 79.6 Å². The highest BCUT2D eigenvalue weighted by Gasteiger charge is 2.27. The molecule has 104 valence electrons. The van der Waals surface area contributed by atoms with Crippen LogP contribution in [0.15, 0.2) is 0 Å². The molecule has 0 saturated carbocycles. The summed E-state index contributed by atoms with van der Waals surface area (Å²) in [5, 5.41) is 0. The molecule has 0 aliphatic heterocycles. The Kier molecular flexibility index (Phi) is 10.1. The highest BCUT2D eigenvalue weighted by atomic mass is 14.1. The summed E-state index contributed by atoms with van der Waals surface area (Å²) in [6.07, 6.45) is 14.4. The smallest absolute Gasteiger partial charge is 0.00351 e. The molecule has 1 atom stereocenters. The summed E-state index contributed by atoms with van der Waals surface area (Å²) < 4.78 is 0. The first-order chi connectivity index (χ1) is 8.16. The highest BCUT2D eigenvalue weighted by Crippen LogP contribution is 2.39. The van der Waals surface area contributed by atoms with E-state index in [1.165, 1.54) is 63.9 Å². The van der Waals surface area contributed by atoms with E-state index in [-0.39, 0.29) is 6.15 Å². The molecule has 0 aromatic heterocycles. The minimum absolute atomic E-state index is 0.0679. The van der Waals surface area contributed by atoms with Crippen molar-refractivity contribution in [2.24, 2.45) is 0 Å². The molecular formula is C16H36B-. The lowest BCUT2D eigenvalue weighted by atomic mass is 9.13. The Hall–Kier alpha value is 0.0649. The fraction of sp³-hybridized carbons (Fsp3) is 1.00. The summed E-state index contributed by atoms with van der Waals surface area (Å²) in [4.78, 5) is 0. The Labute approximate surface area is 111 Å². The Morgan fingerprint density at radius 3 is 1.29 bits per heavy atom. The van der Waals surface area contributed by atoms with Crippen LogP contribution >= 0.6 is 0 Å². The topological polar surface area (TPSA) is 0 Å². The van der Waals surface area contributed by atoms with Crippen molar-refractivity contribution in [2.75, 3.05) is 0 Å². The second-order valence-corrected chi connectivity index (χ2v) is 6.39. The second-order valence-electron chi connectivity index (χ2n) is 6.39. The van der Waals surface area contributed by atoms with E-state index in [1.807, 2.05) is 0 Å². The second kappa shape index (κ2) is 10.0. The van der Waals surface area contributed by atoms with Crippen molar-refractivity contribution < 1.29 is 0 Å². The quantitative estimate of drug-likeness (QED) is 0.355. The minimum atomic E-state index is -0.0679. The van der Waals surface area contributed by atoms with Crippen LogP contribution in [0.2, 0.25) is 24.8 Å². The molecule has 0 saturated heterocycles. The SMILES string of the molecule is CCCC[B-](CCCC)(CCCC)C(C)CC. The van der Waals surface area contributed by atoms with Gasteiger partial charge >= 0.3 is 0 Å². The van der Waals surface area contributed by atoms with Gasteiger partial charge in [-0.15, -0.1) is 0 Å². The van der Waals surface area contributed by atoms with Crippen LogP contribution in [-0.2, 0) is 0 Å². The number of rotatable bonds is 11. The third-order valence-electron chi connectivity index (χ3n) is 5.25. The monoisotopic (exact) mass is 239 g/mol. The van der Waals surface area contributed by atoms with Crippen molar-refractivity contribution in [3.63, 3.8) is 0 Å². The Balaban J connectivity index is 4.63. The van der Waals surface area contributed by atoms with Gasteiger partial charge in [0.25, 0.3) is 0 Å². The Morgan fingerprint density at radius 1 is 0.706 bits per heavy atom. The molecular weight excluding hydrogens is 203 g/mol. The van der Waals surface area contributed by atoms with E-state index in [9.17, 15) is 0 Å². The molecule has 1 heteroatoms. The van der Waals surface area contributed by atoms with E-state index >= 15 is 0 Å². The predicted octanol–water partition coefficient (Wildman–Crippen LogP) is 6.64. The van der Waals surface area contributed by atoms with Crippen LogP contribution in [-0.4, -0.2) is 6.15 Å². The van der Waals surface area contributed by atoms with Crippen LogP contribution in [0.3, 0.4) is 0 Å². The summed E-state index contributed by atoms with van der Waals surface area (Å²) in [5.74, 6) is 0.972. The van der Waals surface area contributed by atoms with Crippen LogP contribution in [0.5, 0.6) is 0 Å². The van der Waals surface area contributed by atoms with Gasteiger partial charge in [0.15, 0.2) is 0 Å². The van der Waals surface area contributed by atoms with Crippen LogP contribution in [0, 0.1) is 0 Å². The van der Waals surface area contributed by atoms with Crippen molar-refractivity contribution in [3.8, 4) is 0 Å². The van der Waals surface area contributed by atoms with E-state index in [4.69, 9.17) is 0 Å². The molecule has 17 heavy (non-hydrogen) atoms. The van der Waals surface area contributed by atoms with Crippen molar-refractivity contribution >= 4 is 6.15 Å². The fourth-order valence-corrected chi connectivity index (χ4v) is 3.62. The number of hydrogen-bond donors (Lipinski definition) is 0. The summed E-state index contributed by atoms with van der Waals surface area (Å²) in [6, 6.07) is 0. The zero-order chi connectivity index (χ0) is 13.1. The molecule has 0 aromatic rings. The number of hydrogen-bond acceptors (Lipinski definition) is 0. The van der Waals surface area contributed by atoms with Crippen molar-refractivity contribution in [3.05, 3.63) is 0 Å². The molecule has 0 heterocycles. The lowest BCUT2D eigenvalue weighted by Crippen LogP contribution is -2.38. The first kappa shape index (κ1) is 17.1. The van der Waals surface area contributed by atoms with E-state index in [0.717, 1.165) is 5.82 Å². The normalized spacial score (nSPS) is 13.9. The molecule has 0 fully saturated rings. The third kappa shape index (κ3) is 5.97. The van der Waals surface area contributed by atoms with Gasteiger partial charge in [0.05, 0.1) is 0 Å². The van der Waals surface area contributed by atoms with Gasteiger partial charge in [0, 0.05) is 6.15 Å². The molecule has 0 nitrogen and oxygen atoms in total. The lowest BCUT2D eigenvalue weighted by molar-refractivity contribution is 0.729. The predicted molar refractivity (Wildman–Crippen MR) is 84.6 cm³/mol. The van der Waals surface area contributed by atoms with Gasteiger partial charge in [-0.05, 0) is 0 Å². The van der Waals surface area contributed by atoms with Gasteiger partial charge in [-0.25, -0.2) is 0 Å². The zero-order valence-electron chi connectivity index (χ0n) is 13.2. The molecule has 0 rings (SSSR count). The van der Waals surface area contributed by atoms with Crippen LogP contribution < -0.4 is 0 Å². The van der Waals surface area contributed by atoms with Crippen molar-refractivity contribution in [1.29, 1.82) is 0 Å². The average molecular weight is 239 g/mol. The minimum Gasteiger partial charge on any atom is -0.178 e. The van der Waals surface area contributed by atoms with Crippen molar-refractivity contribution in [1.82, 2.24) is 0 Å². The third-order valence-corrected chi connectivity index (χ3v) is 5.25. The maximum Gasteiger partial charge on any atom is 0.00351 e. The molecule has 1 unspecified atom stereocenters. The van der Waals surface area contributed by atoms with Crippen LogP contribution in [0.25, 0.3) is 0 Å². The van der Waals surface area contributed by atoms with Gasteiger partial charge in [0.2, 0.25) is 0 Å². The van der Waals surface area contributed by atoms with Crippen molar-refractivity contribution in [2.45, 2.75) is 104 Å². The molecule has 0 aliphatic rings. The number of unbranched alkanes of at least 4 members (excludes halogenated alkanes) is 3. The molecule has 0 amide bonds. The largest absolute Gasteiger partial charge is 0.178 e.